The zero-order chi connectivity index (χ0) is 25.5. The van der Waals surface area contributed by atoms with Crippen LogP contribution < -0.4 is 5.32 Å². The second-order valence-corrected chi connectivity index (χ2v) is 11.9. The first kappa shape index (κ1) is 23.6. The van der Waals surface area contributed by atoms with Gasteiger partial charge in [-0.25, -0.2) is 8.42 Å². The SMILES string of the molecule is CC(C)(c1cc(-c2cccc(C(=O)Nc3cnc4ccccc4c3)c2)c2ncccc2c1)S(C)(=O)=O. The van der Waals surface area contributed by atoms with Crippen molar-refractivity contribution in [2.24, 2.45) is 0 Å². The number of aromatic nitrogens is 2. The molecule has 1 amide bonds. The Morgan fingerprint density at radius 3 is 2.44 bits per heavy atom. The molecule has 3 aromatic carbocycles. The summed E-state index contributed by atoms with van der Waals surface area (Å²) in [7, 11) is -3.39. The van der Waals surface area contributed by atoms with Crippen LogP contribution in [-0.4, -0.2) is 30.5 Å². The molecule has 0 spiro atoms. The van der Waals surface area contributed by atoms with Crippen LogP contribution in [0.3, 0.4) is 0 Å². The molecule has 0 saturated carbocycles. The third-order valence-corrected chi connectivity index (χ3v) is 8.70. The molecule has 1 N–H and O–H groups in total. The molecule has 0 bridgehead atoms. The van der Waals surface area contributed by atoms with Crippen molar-refractivity contribution in [2.45, 2.75) is 18.6 Å². The summed E-state index contributed by atoms with van der Waals surface area (Å²) in [5.74, 6) is -0.265. The van der Waals surface area contributed by atoms with Gasteiger partial charge in [-0.1, -0.05) is 36.4 Å². The molecule has 7 heteroatoms. The van der Waals surface area contributed by atoms with Gasteiger partial charge in [-0.05, 0) is 67.4 Å². The molecule has 0 atom stereocenters. The van der Waals surface area contributed by atoms with E-state index >= 15 is 0 Å². The van der Waals surface area contributed by atoms with Crippen LogP contribution in [0.2, 0.25) is 0 Å². The van der Waals surface area contributed by atoms with Crippen molar-refractivity contribution in [1.29, 1.82) is 0 Å². The first-order valence-electron chi connectivity index (χ1n) is 11.5. The molecule has 6 nitrogen and oxygen atoms in total. The number of nitrogens with one attached hydrogen (secondary N) is 1. The summed E-state index contributed by atoms with van der Waals surface area (Å²) < 4.78 is 24.0. The van der Waals surface area contributed by atoms with E-state index in [1.807, 2.05) is 66.7 Å². The van der Waals surface area contributed by atoms with Crippen LogP contribution in [0.5, 0.6) is 0 Å². The lowest BCUT2D eigenvalue weighted by molar-refractivity contribution is 0.102. The normalized spacial score (nSPS) is 12.1. The van der Waals surface area contributed by atoms with Crippen molar-refractivity contribution in [1.82, 2.24) is 9.97 Å². The smallest absolute Gasteiger partial charge is 0.255 e. The van der Waals surface area contributed by atoms with Gasteiger partial charge in [0, 0.05) is 34.4 Å². The first-order chi connectivity index (χ1) is 17.1. The fourth-order valence-corrected chi connectivity index (χ4v) is 4.69. The van der Waals surface area contributed by atoms with Crippen LogP contribution in [0.25, 0.3) is 32.9 Å². The largest absolute Gasteiger partial charge is 0.321 e. The Labute approximate surface area is 210 Å². The van der Waals surface area contributed by atoms with E-state index in [1.165, 1.54) is 6.26 Å². The van der Waals surface area contributed by atoms with Crippen molar-refractivity contribution in [3.05, 3.63) is 102 Å². The minimum Gasteiger partial charge on any atom is -0.321 e. The van der Waals surface area contributed by atoms with E-state index in [2.05, 4.69) is 15.3 Å². The summed E-state index contributed by atoms with van der Waals surface area (Å²) >= 11 is 0. The molecule has 0 fully saturated rings. The molecular weight excluding hydrogens is 470 g/mol. The fraction of sp³-hybridized carbons (Fsp3) is 0.138. The Morgan fingerprint density at radius 2 is 1.64 bits per heavy atom. The van der Waals surface area contributed by atoms with Crippen LogP contribution in [0, 0.1) is 0 Å². The zero-order valence-electron chi connectivity index (χ0n) is 20.2. The highest BCUT2D eigenvalue weighted by molar-refractivity contribution is 7.91. The van der Waals surface area contributed by atoms with E-state index in [0.29, 0.717) is 16.8 Å². The van der Waals surface area contributed by atoms with Crippen LogP contribution in [0.1, 0.15) is 29.8 Å². The topological polar surface area (TPSA) is 89.0 Å². The number of hydrogen-bond acceptors (Lipinski definition) is 5. The summed E-state index contributed by atoms with van der Waals surface area (Å²) in [6.07, 6.45) is 4.58. The number of nitrogens with zero attached hydrogens (tertiary/aromatic N) is 2. The lowest BCUT2D eigenvalue weighted by atomic mass is 9.93. The molecule has 2 aromatic heterocycles. The van der Waals surface area contributed by atoms with Gasteiger partial charge in [0.15, 0.2) is 9.84 Å². The number of amides is 1. The summed E-state index contributed by atoms with van der Waals surface area (Å²) in [6.45, 7) is 3.40. The highest BCUT2D eigenvalue weighted by Gasteiger charge is 2.33. The maximum absolute atomic E-state index is 13.1. The molecule has 5 rings (SSSR count). The second kappa shape index (κ2) is 8.84. The van der Waals surface area contributed by atoms with Gasteiger partial charge in [-0.15, -0.1) is 0 Å². The van der Waals surface area contributed by atoms with Gasteiger partial charge in [-0.3, -0.25) is 14.8 Å². The molecule has 2 heterocycles. The van der Waals surface area contributed by atoms with Gasteiger partial charge in [0.1, 0.15) is 0 Å². The number of para-hydroxylation sites is 1. The minimum atomic E-state index is -3.39. The van der Waals surface area contributed by atoms with Crippen LogP contribution in [0.15, 0.2) is 91.3 Å². The second-order valence-electron chi connectivity index (χ2n) is 9.33. The lowest BCUT2D eigenvalue weighted by Gasteiger charge is -2.24. The maximum atomic E-state index is 13.1. The monoisotopic (exact) mass is 495 g/mol. The third-order valence-electron chi connectivity index (χ3n) is 6.61. The molecule has 0 aliphatic rings. The molecule has 0 aliphatic heterocycles. The van der Waals surface area contributed by atoms with Gasteiger partial charge in [0.05, 0.1) is 27.7 Å². The predicted octanol–water partition coefficient (Wildman–Crippen LogP) is 5.98. The molecule has 0 radical (unpaired) electrons. The highest BCUT2D eigenvalue weighted by Crippen LogP contribution is 2.36. The first-order valence-corrected chi connectivity index (χ1v) is 13.4. The molecule has 0 unspecified atom stereocenters. The van der Waals surface area contributed by atoms with Gasteiger partial charge in [0.2, 0.25) is 0 Å². The fourth-order valence-electron chi connectivity index (χ4n) is 4.14. The molecule has 0 aliphatic carbocycles. The number of rotatable bonds is 5. The van der Waals surface area contributed by atoms with Gasteiger partial charge in [-0.2, -0.15) is 0 Å². The van der Waals surface area contributed by atoms with Crippen LogP contribution in [0.4, 0.5) is 5.69 Å². The lowest BCUT2D eigenvalue weighted by Crippen LogP contribution is -2.28. The number of carbonyl (C=O) groups is 1. The van der Waals surface area contributed by atoms with Crippen molar-refractivity contribution in [3.63, 3.8) is 0 Å². The standard InChI is InChI=1S/C29H25N3O3S/c1-29(2,36(3,34)35)23-15-21-11-7-13-30-27(21)25(17-23)19-9-6-10-22(14-19)28(33)32-24-16-20-8-4-5-12-26(20)31-18-24/h4-18H,1-3H3,(H,32,33). The zero-order valence-corrected chi connectivity index (χ0v) is 21.0. The third kappa shape index (κ3) is 4.33. The van der Waals surface area contributed by atoms with E-state index in [0.717, 1.165) is 32.9 Å². The van der Waals surface area contributed by atoms with Crippen molar-refractivity contribution >= 4 is 43.2 Å². The average Bonchev–Trinajstić information content (AvgIpc) is 2.87. The summed E-state index contributed by atoms with van der Waals surface area (Å²) in [6, 6.07) is 24.3. The molecule has 180 valence electrons. The van der Waals surface area contributed by atoms with Crippen LogP contribution >= 0.6 is 0 Å². The molecule has 5 aromatic rings. The van der Waals surface area contributed by atoms with Gasteiger partial charge >= 0.3 is 0 Å². The van der Waals surface area contributed by atoms with Gasteiger partial charge < -0.3 is 5.32 Å². The Bertz CT molecular complexity index is 1740. The average molecular weight is 496 g/mol. The number of sulfone groups is 1. The number of hydrogen-bond donors (Lipinski definition) is 1. The van der Waals surface area contributed by atoms with E-state index in [1.54, 1.807) is 38.4 Å². The predicted molar refractivity (Wildman–Crippen MR) is 145 cm³/mol. The quantitative estimate of drug-likeness (QED) is 0.324. The Balaban J connectivity index is 1.56. The molecule has 0 saturated heterocycles. The number of carbonyl (C=O) groups excluding carboxylic acids is 1. The number of pyridine rings is 2. The van der Waals surface area contributed by atoms with Gasteiger partial charge in [0.25, 0.3) is 5.91 Å². The highest BCUT2D eigenvalue weighted by atomic mass is 32.2. The Morgan fingerprint density at radius 1 is 0.861 bits per heavy atom. The number of anilines is 1. The summed E-state index contributed by atoms with van der Waals surface area (Å²) in [4.78, 5) is 22.1. The Kier molecular flexibility index (Phi) is 5.80. The number of fused-ring (bicyclic) bond motifs is 2. The van der Waals surface area contributed by atoms with Crippen molar-refractivity contribution in [3.8, 4) is 11.1 Å². The maximum Gasteiger partial charge on any atom is 0.255 e. The van der Waals surface area contributed by atoms with Crippen molar-refractivity contribution in [2.75, 3.05) is 11.6 Å². The Hall–Kier alpha value is -4.10. The summed E-state index contributed by atoms with van der Waals surface area (Å²) in [5, 5.41) is 4.69. The minimum absolute atomic E-state index is 0.265. The molecule has 36 heavy (non-hydrogen) atoms. The number of benzene rings is 3. The van der Waals surface area contributed by atoms with Crippen LogP contribution in [-0.2, 0) is 14.6 Å². The van der Waals surface area contributed by atoms with E-state index in [9.17, 15) is 13.2 Å². The van der Waals surface area contributed by atoms with E-state index in [-0.39, 0.29) is 5.91 Å². The molecular formula is C29H25N3O3S. The van der Waals surface area contributed by atoms with Crippen molar-refractivity contribution < 1.29 is 13.2 Å². The summed E-state index contributed by atoms with van der Waals surface area (Å²) in [5.41, 5.74) is 4.87. The van der Waals surface area contributed by atoms with E-state index < -0.39 is 14.6 Å². The van der Waals surface area contributed by atoms with E-state index in [4.69, 9.17) is 0 Å².